The quantitative estimate of drug-likeness (QED) is 0.765. The molecule has 3 nitrogen and oxygen atoms in total. The molecule has 0 aliphatic carbocycles. The molecule has 1 aromatic rings. The van der Waals surface area contributed by atoms with Crippen LogP contribution in [0.4, 0.5) is 8.78 Å². The van der Waals surface area contributed by atoms with E-state index in [0.717, 1.165) is 12.1 Å². The fraction of sp³-hybridized carbons (Fsp3) is 0.300. The second-order valence-corrected chi connectivity index (χ2v) is 3.07. The van der Waals surface area contributed by atoms with Gasteiger partial charge in [0.15, 0.2) is 0 Å². The number of carbonyl (C=O) groups excluding carboxylic acids is 1. The molecule has 0 aliphatic rings. The van der Waals surface area contributed by atoms with E-state index in [9.17, 15) is 13.6 Å². The Morgan fingerprint density at radius 3 is 2.73 bits per heavy atom. The summed E-state index contributed by atoms with van der Waals surface area (Å²) in [6.45, 7) is 0. The van der Waals surface area contributed by atoms with Gasteiger partial charge in [-0.2, -0.15) is 0 Å². The fourth-order valence-corrected chi connectivity index (χ4v) is 1.16. The van der Waals surface area contributed by atoms with Crippen molar-refractivity contribution in [2.24, 2.45) is 5.73 Å². The van der Waals surface area contributed by atoms with E-state index in [1.165, 1.54) is 13.2 Å². The monoisotopic (exact) mass is 215 g/mol. The Bertz CT molecular complexity index is 368. The standard InChI is InChI=1S/C10H11F2NO2/c1-15-10(14)9(13)4-6-2-3-7(11)5-8(6)12/h2-3,5,9H,4,13H2,1H3/t9-/m0/s1. The Morgan fingerprint density at radius 2 is 2.20 bits per heavy atom. The van der Waals surface area contributed by atoms with Crippen LogP contribution in [-0.4, -0.2) is 19.1 Å². The molecule has 0 saturated heterocycles. The molecule has 1 rings (SSSR count). The maximum absolute atomic E-state index is 13.1. The summed E-state index contributed by atoms with van der Waals surface area (Å²) >= 11 is 0. The van der Waals surface area contributed by atoms with E-state index in [-0.39, 0.29) is 12.0 Å². The highest BCUT2D eigenvalue weighted by Crippen LogP contribution is 2.11. The summed E-state index contributed by atoms with van der Waals surface area (Å²) in [5.41, 5.74) is 5.62. The molecule has 0 unspecified atom stereocenters. The van der Waals surface area contributed by atoms with E-state index in [1.807, 2.05) is 0 Å². The van der Waals surface area contributed by atoms with Crippen molar-refractivity contribution in [3.05, 3.63) is 35.4 Å². The number of hydrogen-bond acceptors (Lipinski definition) is 3. The number of methoxy groups -OCH3 is 1. The molecule has 0 radical (unpaired) electrons. The maximum atomic E-state index is 13.1. The SMILES string of the molecule is COC(=O)[C@@H](N)Cc1ccc(F)cc1F. The topological polar surface area (TPSA) is 52.3 Å². The first kappa shape index (κ1) is 11.6. The highest BCUT2D eigenvalue weighted by molar-refractivity contribution is 5.75. The Morgan fingerprint density at radius 1 is 1.53 bits per heavy atom. The lowest BCUT2D eigenvalue weighted by molar-refractivity contribution is -0.142. The molecule has 15 heavy (non-hydrogen) atoms. The molecular weight excluding hydrogens is 204 g/mol. The van der Waals surface area contributed by atoms with E-state index < -0.39 is 23.6 Å². The van der Waals surface area contributed by atoms with Crippen molar-refractivity contribution in [3.8, 4) is 0 Å². The van der Waals surface area contributed by atoms with Crippen molar-refractivity contribution < 1.29 is 18.3 Å². The number of halogens is 2. The average Bonchev–Trinajstić information content (AvgIpc) is 2.20. The first-order valence-electron chi connectivity index (χ1n) is 4.32. The lowest BCUT2D eigenvalue weighted by Gasteiger charge is -2.09. The zero-order valence-electron chi connectivity index (χ0n) is 8.17. The number of rotatable bonds is 3. The second-order valence-electron chi connectivity index (χ2n) is 3.07. The van der Waals surface area contributed by atoms with Gasteiger partial charge in [-0.1, -0.05) is 6.07 Å². The normalized spacial score (nSPS) is 12.3. The molecule has 0 aromatic heterocycles. The van der Waals surface area contributed by atoms with E-state index in [1.54, 1.807) is 0 Å². The average molecular weight is 215 g/mol. The Hall–Kier alpha value is -1.49. The number of nitrogens with two attached hydrogens (primary N) is 1. The number of ether oxygens (including phenoxy) is 1. The van der Waals surface area contributed by atoms with Crippen LogP contribution in [0.25, 0.3) is 0 Å². The van der Waals surface area contributed by atoms with Gasteiger partial charge in [0, 0.05) is 12.5 Å². The van der Waals surface area contributed by atoms with Crippen LogP contribution >= 0.6 is 0 Å². The van der Waals surface area contributed by atoms with Crippen LogP contribution in [0.5, 0.6) is 0 Å². The third-order valence-corrected chi connectivity index (χ3v) is 1.96. The first-order chi connectivity index (χ1) is 7.04. The van der Waals surface area contributed by atoms with Crippen LogP contribution in [-0.2, 0) is 16.0 Å². The van der Waals surface area contributed by atoms with Gasteiger partial charge < -0.3 is 10.5 Å². The van der Waals surface area contributed by atoms with Crippen molar-refractivity contribution in [2.75, 3.05) is 7.11 Å². The largest absolute Gasteiger partial charge is 0.468 e. The minimum atomic E-state index is -0.935. The van der Waals surface area contributed by atoms with Gasteiger partial charge in [0.25, 0.3) is 0 Å². The van der Waals surface area contributed by atoms with Gasteiger partial charge in [-0.05, 0) is 11.6 Å². The Kier molecular flexibility index (Phi) is 3.74. The molecule has 0 fully saturated rings. The molecule has 0 spiro atoms. The highest BCUT2D eigenvalue weighted by atomic mass is 19.1. The summed E-state index contributed by atoms with van der Waals surface area (Å²) in [6, 6.07) is 2.19. The number of hydrogen-bond donors (Lipinski definition) is 1. The molecule has 0 heterocycles. The summed E-state index contributed by atoms with van der Waals surface area (Å²) < 4.78 is 30.1. The summed E-state index contributed by atoms with van der Waals surface area (Å²) in [5, 5.41) is 0. The van der Waals surface area contributed by atoms with Crippen LogP contribution in [0, 0.1) is 11.6 Å². The summed E-state index contributed by atoms with van der Waals surface area (Å²) in [6.07, 6.45) is -0.0151. The van der Waals surface area contributed by atoms with Gasteiger partial charge in [0.1, 0.15) is 17.7 Å². The lowest BCUT2D eigenvalue weighted by atomic mass is 10.1. The second kappa shape index (κ2) is 4.84. The third-order valence-electron chi connectivity index (χ3n) is 1.96. The smallest absolute Gasteiger partial charge is 0.322 e. The zero-order valence-corrected chi connectivity index (χ0v) is 8.17. The highest BCUT2D eigenvalue weighted by Gasteiger charge is 2.16. The van der Waals surface area contributed by atoms with Gasteiger partial charge in [0.2, 0.25) is 0 Å². The molecule has 2 N–H and O–H groups in total. The minimum Gasteiger partial charge on any atom is -0.468 e. The molecular formula is C10H11F2NO2. The van der Waals surface area contributed by atoms with Crippen LogP contribution < -0.4 is 5.73 Å². The fourth-order valence-electron chi connectivity index (χ4n) is 1.16. The van der Waals surface area contributed by atoms with E-state index in [2.05, 4.69) is 4.74 Å². The summed E-state index contributed by atoms with van der Waals surface area (Å²) in [4.78, 5) is 11.0. The Labute approximate surface area is 85.8 Å². The van der Waals surface area contributed by atoms with Crippen LogP contribution in [0.15, 0.2) is 18.2 Å². The van der Waals surface area contributed by atoms with Gasteiger partial charge in [-0.15, -0.1) is 0 Å². The van der Waals surface area contributed by atoms with Crippen LogP contribution in [0.2, 0.25) is 0 Å². The third kappa shape index (κ3) is 2.99. The molecule has 0 saturated carbocycles. The van der Waals surface area contributed by atoms with Crippen molar-refractivity contribution in [2.45, 2.75) is 12.5 Å². The van der Waals surface area contributed by atoms with Crippen LogP contribution in [0.3, 0.4) is 0 Å². The van der Waals surface area contributed by atoms with Gasteiger partial charge in [-0.3, -0.25) is 4.79 Å². The maximum Gasteiger partial charge on any atom is 0.322 e. The summed E-state index contributed by atoms with van der Waals surface area (Å²) in [7, 11) is 1.20. The van der Waals surface area contributed by atoms with E-state index >= 15 is 0 Å². The minimum absolute atomic E-state index is 0.0151. The molecule has 0 amide bonds. The van der Waals surface area contributed by atoms with Crippen molar-refractivity contribution in [1.82, 2.24) is 0 Å². The van der Waals surface area contributed by atoms with Gasteiger partial charge in [-0.25, -0.2) is 8.78 Å². The summed E-state index contributed by atoms with van der Waals surface area (Å²) in [5.74, 6) is -2.00. The van der Waals surface area contributed by atoms with Crippen molar-refractivity contribution in [3.63, 3.8) is 0 Å². The molecule has 82 valence electrons. The Balaban J connectivity index is 2.76. The van der Waals surface area contributed by atoms with Crippen molar-refractivity contribution in [1.29, 1.82) is 0 Å². The molecule has 0 aliphatic heterocycles. The predicted octanol–water partition coefficient (Wildman–Crippen LogP) is 1.01. The van der Waals surface area contributed by atoms with Gasteiger partial charge >= 0.3 is 5.97 Å². The first-order valence-corrected chi connectivity index (χ1v) is 4.32. The van der Waals surface area contributed by atoms with Gasteiger partial charge in [0.05, 0.1) is 7.11 Å². The molecule has 1 aromatic carbocycles. The zero-order chi connectivity index (χ0) is 11.4. The van der Waals surface area contributed by atoms with E-state index in [0.29, 0.717) is 0 Å². The number of carbonyl (C=O) groups is 1. The van der Waals surface area contributed by atoms with Crippen LogP contribution in [0.1, 0.15) is 5.56 Å². The molecule has 1 atom stereocenters. The lowest BCUT2D eigenvalue weighted by Crippen LogP contribution is -2.33. The van der Waals surface area contributed by atoms with Crippen molar-refractivity contribution >= 4 is 5.97 Å². The number of esters is 1. The van der Waals surface area contributed by atoms with E-state index in [4.69, 9.17) is 5.73 Å². The number of benzene rings is 1. The molecule has 0 bridgehead atoms. The molecule has 5 heteroatoms. The predicted molar refractivity (Wildman–Crippen MR) is 50.1 cm³/mol.